The first kappa shape index (κ1) is 26.6. The van der Waals surface area contributed by atoms with Gasteiger partial charge in [-0.05, 0) is 73.4 Å². The SMILES string of the molecule is CCOC(=O)c1ccc(N(Cc2c(Cl)cccc2Cl)C(=O)COc2cc(C)ccc2C(C)C)cc1. The minimum absolute atomic E-state index is 0.143. The first-order valence-corrected chi connectivity index (χ1v) is 12.2. The van der Waals surface area contributed by atoms with Gasteiger partial charge in [0.05, 0.1) is 18.7 Å². The van der Waals surface area contributed by atoms with E-state index in [0.717, 1.165) is 11.1 Å². The van der Waals surface area contributed by atoms with Crippen LogP contribution in [0.25, 0.3) is 0 Å². The lowest BCUT2D eigenvalue weighted by Gasteiger charge is -2.25. The van der Waals surface area contributed by atoms with Crippen LogP contribution in [0, 0.1) is 6.92 Å². The molecule has 35 heavy (non-hydrogen) atoms. The first-order valence-electron chi connectivity index (χ1n) is 11.4. The molecule has 0 aliphatic carbocycles. The molecule has 0 saturated heterocycles. The Labute approximate surface area is 216 Å². The third kappa shape index (κ3) is 6.77. The lowest BCUT2D eigenvalue weighted by atomic mass is 10.0. The summed E-state index contributed by atoms with van der Waals surface area (Å²) in [5.41, 5.74) is 3.68. The molecular weight excluding hydrogens is 485 g/mol. The predicted molar refractivity (Wildman–Crippen MR) is 141 cm³/mol. The molecule has 184 valence electrons. The van der Waals surface area contributed by atoms with Crippen molar-refractivity contribution < 1.29 is 19.1 Å². The predicted octanol–water partition coefficient (Wildman–Crippen LogP) is 7.21. The molecule has 0 spiro atoms. The zero-order chi connectivity index (χ0) is 25.5. The third-order valence-electron chi connectivity index (χ3n) is 5.51. The number of carbonyl (C=O) groups excluding carboxylic acids is 2. The molecule has 5 nitrogen and oxygen atoms in total. The number of halogens is 2. The van der Waals surface area contributed by atoms with Crippen LogP contribution >= 0.6 is 23.2 Å². The van der Waals surface area contributed by atoms with E-state index < -0.39 is 5.97 Å². The van der Waals surface area contributed by atoms with Gasteiger partial charge in [-0.1, -0.05) is 55.2 Å². The van der Waals surface area contributed by atoms with Crippen LogP contribution in [0.1, 0.15) is 53.7 Å². The van der Waals surface area contributed by atoms with Gasteiger partial charge in [0, 0.05) is 21.3 Å². The summed E-state index contributed by atoms with van der Waals surface area (Å²) in [4.78, 5) is 27.1. The number of benzene rings is 3. The van der Waals surface area contributed by atoms with Gasteiger partial charge in [-0.2, -0.15) is 0 Å². The van der Waals surface area contributed by atoms with E-state index in [1.165, 1.54) is 0 Å². The van der Waals surface area contributed by atoms with Crippen molar-refractivity contribution in [1.82, 2.24) is 0 Å². The van der Waals surface area contributed by atoms with Gasteiger partial charge in [0.15, 0.2) is 6.61 Å². The Morgan fingerprint density at radius 2 is 1.63 bits per heavy atom. The normalized spacial score (nSPS) is 10.8. The maximum Gasteiger partial charge on any atom is 0.338 e. The number of ether oxygens (including phenoxy) is 2. The molecule has 3 aromatic rings. The van der Waals surface area contributed by atoms with Crippen LogP contribution in [0.3, 0.4) is 0 Å². The van der Waals surface area contributed by atoms with Gasteiger partial charge >= 0.3 is 5.97 Å². The molecule has 0 fully saturated rings. The lowest BCUT2D eigenvalue weighted by molar-refractivity contribution is -0.120. The summed E-state index contributed by atoms with van der Waals surface area (Å²) in [5.74, 6) is 0.229. The van der Waals surface area contributed by atoms with E-state index in [9.17, 15) is 9.59 Å². The van der Waals surface area contributed by atoms with E-state index in [4.69, 9.17) is 32.7 Å². The number of hydrogen-bond donors (Lipinski definition) is 0. The Morgan fingerprint density at radius 3 is 2.23 bits per heavy atom. The fourth-order valence-corrected chi connectivity index (χ4v) is 4.13. The van der Waals surface area contributed by atoms with Gasteiger partial charge < -0.3 is 14.4 Å². The average Bonchev–Trinajstić information content (AvgIpc) is 2.82. The van der Waals surface area contributed by atoms with E-state index >= 15 is 0 Å². The van der Waals surface area contributed by atoms with Crippen LogP contribution in [0.2, 0.25) is 10.0 Å². The number of aryl methyl sites for hydroxylation is 1. The van der Waals surface area contributed by atoms with Crippen LogP contribution in [-0.2, 0) is 16.1 Å². The van der Waals surface area contributed by atoms with Gasteiger partial charge in [-0.15, -0.1) is 0 Å². The fourth-order valence-electron chi connectivity index (χ4n) is 3.62. The highest BCUT2D eigenvalue weighted by atomic mass is 35.5. The quantitative estimate of drug-likeness (QED) is 0.283. The third-order valence-corrected chi connectivity index (χ3v) is 6.22. The van der Waals surface area contributed by atoms with E-state index in [1.54, 1.807) is 54.3 Å². The van der Waals surface area contributed by atoms with Crippen molar-refractivity contribution in [1.29, 1.82) is 0 Å². The Kier molecular flexibility index (Phi) is 9.19. The van der Waals surface area contributed by atoms with Gasteiger partial charge in [-0.3, -0.25) is 4.79 Å². The second-order valence-corrected chi connectivity index (χ2v) is 9.25. The summed E-state index contributed by atoms with van der Waals surface area (Å²) in [6.07, 6.45) is 0. The Bertz CT molecular complexity index is 1170. The highest BCUT2D eigenvalue weighted by Crippen LogP contribution is 2.30. The van der Waals surface area contributed by atoms with E-state index in [2.05, 4.69) is 13.8 Å². The Hall–Kier alpha value is -3.02. The number of hydrogen-bond acceptors (Lipinski definition) is 4. The fraction of sp³-hybridized carbons (Fsp3) is 0.286. The van der Waals surface area contributed by atoms with Crippen molar-refractivity contribution >= 4 is 40.8 Å². The molecule has 7 heteroatoms. The minimum Gasteiger partial charge on any atom is -0.483 e. The van der Waals surface area contributed by atoms with Crippen LogP contribution in [0.5, 0.6) is 5.75 Å². The van der Waals surface area contributed by atoms with Crippen LogP contribution in [-0.4, -0.2) is 25.1 Å². The summed E-state index contributed by atoms with van der Waals surface area (Å²) in [6.45, 7) is 8.14. The van der Waals surface area contributed by atoms with Crippen LogP contribution < -0.4 is 9.64 Å². The Morgan fingerprint density at radius 1 is 0.971 bits per heavy atom. The Balaban J connectivity index is 1.90. The van der Waals surface area contributed by atoms with Crippen LogP contribution in [0.15, 0.2) is 60.7 Å². The van der Waals surface area contributed by atoms with E-state index in [0.29, 0.717) is 32.6 Å². The molecule has 0 radical (unpaired) electrons. The molecule has 0 unspecified atom stereocenters. The number of carbonyl (C=O) groups is 2. The highest BCUT2D eigenvalue weighted by molar-refractivity contribution is 6.36. The van der Waals surface area contributed by atoms with Crippen molar-refractivity contribution in [2.24, 2.45) is 0 Å². The molecule has 0 aromatic heterocycles. The monoisotopic (exact) mass is 513 g/mol. The van der Waals surface area contributed by atoms with Gasteiger partial charge in [0.25, 0.3) is 5.91 Å². The zero-order valence-electron chi connectivity index (χ0n) is 20.3. The van der Waals surface area contributed by atoms with Crippen molar-refractivity contribution in [2.45, 2.75) is 40.2 Å². The lowest BCUT2D eigenvalue weighted by Crippen LogP contribution is -2.35. The maximum atomic E-state index is 13.5. The molecule has 1 amide bonds. The van der Waals surface area contributed by atoms with Crippen LogP contribution in [0.4, 0.5) is 5.69 Å². The molecule has 0 heterocycles. The molecular formula is C28H29Cl2NO4. The molecule has 0 bridgehead atoms. The second-order valence-electron chi connectivity index (χ2n) is 8.43. The van der Waals surface area contributed by atoms with Gasteiger partial charge in [0.1, 0.15) is 5.75 Å². The van der Waals surface area contributed by atoms with Gasteiger partial charge in [-0.25, -0.2) is 4.79 Å². The number of anilines is 1. The maximum absolute atomic E-state index is 13.5. The zero-order valence-corrected chi connectivity index (χ0v) is 21.8. The van der Waals surface area contributed by atoms with E-state index in [-0.39, 0.29) is 31.6 Å². The molecule has 0 N–H and O–H groups in total. The highest BCUT2D eigenvalue weighted by Gasteiger charge is 2.21. The number of nitrogens with zero attached hydrogens (tertiary/aromatic N) is 1. The number of esters is 1. The van der Waals surface area contributed by atoms with Crippen molar-refractivity contribution in [3.63, 3.8) is 0 Å². The standard InChI is InChI=1S/C28H29Cl2NO4/c1-5-34-28(33)20-10-12-21(13-11-20)31(16-23-24(29)7-6-8-25(23)30)27(32)17-35-26-15-19(4)9-14-22(26)18(2)3/h6-15,18H,5,16-17H2,1-4H3. The molecule has 0 aliphatic rings. The smallest absolute Gasteiger partial charge is 0.338 e. The largest absolute Gasteiger partial charge is 0.483 e. The van der Waals surface area contributed by atoms with Crippen molar-refractivity contribution in [3.05, 3.63) is 93.0 Å². The molecule has 0 saturated carbocycles. The average molecular weight is 514 g/mol. The first-order chi connectivity index (χ1) is 16.7. The number of amides is 1. The van der Waals surface area contributed by atoms with Crippen molar-refractivity contribution in [2.75, 3.05) is 18.1 Å². The molecule has 3 rings (SSSR count). The topological polar surface area (TPSA) is 55.8 Å². The van der Waals surface area contributed by atoms with E-state index in [1.807, 2.05) is 25.1 Å². The summed E-state index contributed by atoms with van der Waals surface area (Å²) >= 11 is 12.8. The molecule has 0 aliphatic heterocycles. The van der Waals surface area contributed by atoms with Gasteiger partial charge in [0.2, 0.25) is 0 Å². The summed E-state index contributed by atoms with van der Waals surface area (Å²) in [7, 11) is 0. The van der Waals surface area contributed by atoms with Crippen molar-refractivity contribution in [3.8, 4) is 5.75 Å². The minimum atomic E-state index is -0.421. The molecule has 0 atom stereocenters. The second kappa shape index (κ2) is 12.1. The summed E-state index contributed by atoms with van der Waals surface area (Å²) in [6, 6.07) is 17.8. The summed E-state index contributed by atoms with van der Waals surface area (Å²) in [5, 5.41) is 0.917. The number of rotatable bonds is 9. The molecule has 3 aromatic carbocycles. The summed E-state index contributed by atoms with van der Waals surface area (Å²) < 4.78 is 11.1.